The summed E-state index contributed by atoms with van der Waals surface area (Å²) in [6, 6.07) is 22.5. The van der Waals surface area contributed by atoms with Crippen molar-refractivity contribution in [2.45, 2.75) is 26.0 Å². The quantitative estimate of drug-likeness (QED) is 0.573. The summed E-state index contributed by atoms with van der Waals surface area (Å²) >= 11 is 0. The molecule has 0 radical (unpaired) electrons. The number of amides is 1. The van der Waals surface area contributed by atoms with E-state index in [-0.39, 0.29) is 5.91 Å². The van der Waals surface area contributed by atoms with Gasteiger partial charge in [0.15, 0.2) is 11.5 Å². The summed E-state index contributed by atoms with van der Waals surface area (Å²) in [7, 11) is 0. The second-order valence-corrected chi connectivity index (χ2v) is 7.37. The van der Waals surface area contributed by atoms with Crippen LogP contribution in [0.5, 0.6) is 17.2 Å². The first-order valence-electron chi connectivity index (χ1n) is 10.4. The van der Waals surface area contributed by atoms with E-state index < -0.39 is 6.04 Å². The smallest absolute Gasteiger partial charge is 0.246 e. The predicted octanol–water partition coefficient (Wildman–Crippen LogP) is 4.87. The third kappa shape index (κ3) is 5.69. The number of benzene rings is 3. The lowest BCUT2D eigenvalue weighted by Crippen LogP contribution is -2.31. The van der Waals surface area contributed by atoms with Crippen LogP contribution in [0.15, 0.2) is 72.8 Å². The highest BCUT2D eigenvalue weighted by Crippen LogP contribution is 2.32. The Kier molecular flexibility index (Phi) is 6.57. The van der Waals surface area contributed by atoms with Crippen molar-refractivity contribution >= 4 is 17.3 Å². The lowest BCUT2D eigenvalue weighted by atomic mass is 10.2. The van der Waals surface area contributed by atoms with E-state index >= 15 is 0 Å². The van der Waals surface area contributed by atoms with E-state index in [4.69, 9.17) is 14.2 Å². The van der Waals surface area contributed by atoms with Crippen molar-refractivity contribution in [2.24, 2.45) is 0 Å². The molecule has 2 N–H and O–H groups in total. The van der Waals surface area contributed by atoms with Gasteiger partial charge in [0.2, 0.25) is 5.91 Å². The van der Waals surface area contributed by atoms with Crippen molar-refractivity contribution in [1.29, 1.82) is 0 Å². The monoisotopic (exact) mass is 418 g/mol. The number of hydrogen-bond acceptors (Lipinski definition) is 5. The Balaban J connectivity index is 1.30. The fourth-order valence-corrected chi connectivity index (χ4v) is 3.19. The van der Waals surface area contributed by atoms with Crippen molar-refractivity contribution in [1.82, 2.24) is 0 Å². The maximum absolute atomic E-state index is 12.6. The molecule has 0 spiro atoms. The second-order valence-electron chi connectivity index (χ2n) is 7.37. The number of carbonyl (C=O) groups is 1. The molecule has 0 bridgehead atoms. The van der Waals surface area contributed by atoms with Crippen molar-refractivity contribution in [2.75, 3.05) is 23.8 Å². The average Bonchev–Trinajstić information content (AvgIpc) is 3.04. The molecule has 1 amide bonds. The number of hydrogen-bond donors (Lipinski definition) is 2. The Labute approximate surface area is 182 Å². The summed E-state index contributed by atoms with van der Waals surface area (Å²) in [5.74, 6) is 2.04. The zero-order valence-corrected chi connectivity index (χ0v) is 17.5. The van der Waals surface area contributed by atoms with Gasteiger partial charge in [-0.1, -0.05) is 30.3 Å². The molecule has 0 aromatic heterocycles. The molecule has 1 aliphatic rings. The molecule has 160 valence electrons. The van der Waals surface area contributed by atoms with Crippen LogP contribution in [-0.2, 0) is 11.4 Å². The lowest BCUT2D eigenvalue weighted by molar-refractivity contribution is -0.116. The first-order chi connectivity index (χ1) is 15.2. The molecule has 0 aliphatic carbocycles. The van der Waals surface area contributed by atoms with E-state index in [2.05, 4.69) is 10.6 Å². The molecular weight excluding hydrogens is 392 g/mol. The van der Waals surface area contributed by atoms with Crippen molar-refractivity contribution in [3.63, 3.8) is 0 Å². The normalized spacial score (nSPS) is 13.6. The molecule has 0 fully saturated rings. The topological polar surface area (TPSA) is 68.8 Å². The molecule has 0 saturated heterocycles. The van der Waals surface area contributed by atoms with Gasteiger partial charge in [-0.25, -0.2) is 0 Å². The molecule has 1 heterocycles. The van der Waals surface area contributed by atoms with Crippen LogP contribution in [0.3, 0.4) is 0 Å². The second kappa shape index (κ2) is 9.89. The molecule has 0 unspecified atom stereocenters. The molecule has 3 aromatic carbocycles. The molecule has 31 heavy (non-hydrogen) atoms. The number of anilines is 2. The van der Waals surface area contributed by atoms with Gasteiger partial charge < -0.3 is 24.8 Å². The Morgan fingerprint density at radius 3 is 2.42 bits per heavy atom. The van der Waals surface area contributed by atoms with E-state index in [1.54, 1.807) is 0 Å². The highest BCUT2D eigenvalue weighted by atomic mass is 16.5. The summed E-state index contributed by atoms with van der Waals surface area (Å²) in [6.07, 6.45) is 0.854. The summed E-state index contributed by atoms with van der Waals surface area (Å²) in [6.45, 7) is 3.59. The van der Waals surface area contributed by atoms with Crippen LogP contribution in [0.25, 0.3) is 0 Å². The van der Waals surface area contributed by atoms with Crippen LogP contribution >= 0.6 is 0 Å². The Morgan fingerprint density at radius 2 is 1.65 bits per heavy atom. The van der Waals surface area contributed by atoms with E-state index in [1.807, 2.05) is 79.7 Å². The lowest BCUT2D eigenvalue weighted by Gasteiger charge is -2.17. The molecule has 1 atom stereocenters. The Morgan fingerprint density at radius 1 is 0.935 bits per heavy atom. The van der Waals surface area contributed by atoms with Crippen molar-refractivity contribution in [3.8, 4) is 17.2 Å². The third-order valence-electron chi connectivity index (χ3n) is 4.89. The van der Waals surface area contributed by atoms with Gasteiger partial charge in [-0.05, 0) is 48.9 Å². The molecule has 1 aliphatic heterocycles. The predicted molar refractivity (Wildman–Crippen MR) is 121 cm³/mol. The number of rotatable bonds is 7. The van der Waals surface area contributed by atoms with Crippen LogP contribution in [0.4, 0.5) is 11.4 Å². The van der Waals surface area contributed by atoms with Crippen molar-refractivity contribution < 1.29 is 19.0 Å². The largest absolute Gasteiger partial charge is 0.490 e. The van der Waals surface area contributed by atoms with E-state index in [0.29, 0.717) is 31.3 Å². The van der Waals surface area contributed by atoms with Crippen LogP contribution in [0, 0.1) is 0 Å². The summed E-state index contributed by atoms with van der Waals surface area (Å²) < 4.78 is 17.1. The first kappa shape index (κ1) is 20.6. The van der Waals surface area contributed by atoms with Gasteiger partial charge in [0.25, 0.3) is 0 Å². The maximum Gasteiger partial charge on any atom is 0.246 e. The number of carbonyl (C=O) groups excluding carboxylic acids is 1. The fraction of sp³-hybridized carbons (Fsp3) is 0.240. The molecule has 3 aromatic rings. The van der Waals surface area contributed by atoms with Gasteiger partial charge in [0.05, 0.1) is 13.2 Å². The minimum Gasteiger partial charge on any atom is -0.490 e. The maximum atomic E-state index is 12.6. The van der Waals surface area contributed by atoms with Gasteiger partial charge in [0.1, 0.15) is 18.4 Å². The minimum absolute atomic E-state index is 0.134. The van der Waals surface area contributed by atoms with Gasteiger partial charge in [-0.2, -0.15) is 0 Å². The summed E-state index contributed by atoms with van der Waals surface area (Å²) in [5.41, 5.74) is 2.62. The molecule has 0 saturated carbocycles. The molecule has 6 nitrogen and oxygen atoms in total. The van der Waals surface area contributed by atoms with Crippen LogP contribution < -0.4 is 24.8 Å². The Hall–Kier alpha value is -3.67. The van der Waals surface area contributed by atoms with Crippen LogP contribution in [0.2, 0.25) is 0 Å². The highest BCUT2D eigenvalue weighted by molar-refractivity contribution is 5.96. The van der Waals surface area contributed by atoms with Gasteiger partial charge in [0, 0.05) is 23.9 Å². The zero-order chi connectivity index (χ0) is 21.5. The Bertz CT molecular complexity index is 1010. The van der Waals surface area contributed by atoms with Crippen LogP contribution in [0.1, 0.15) is 18.9 Å². The highest BCUT2D eigenvalue weighted by Gasteiger charge is 2.15. The van der Waals surface area contributed by atoms with E-state index in [0.717, 1.165) is 29.2 Å². The zero-order valence-electron chi connectivity index (χ0n) is 17.5. The van der Waals surface area contributed by atoms with Gasteiger partial charge in [-0.15, -0.1) is 0 Å². The molecule has 4 rings (SSSR count). The van der Waals surface area contributed by atoms with Gasteiger partial charge >= 0.3 is 0 Å². The number of nitrogens with one attached hydrogen (secondary N) is 2. The SMILES string of the molecule is C[C@@H](Nc1ccc2c(c1)OCCCO2)C(=O)Nc1ccc(OCc2ccccc2)cc1. The number of ether oxygens (including phenoxy) is 3. The standard InChI is InChI=1S/C25H26N2O4/c1-18(26-21-10-13-23-24(16-21)30-15-5-14-29-23)25(28)27-20-8-11-22(12-9-20)31-17-19-6-3-2-4-7-19/h2-4,6-13,16,18,26H,5,14-15,17H2,1H3,(H,27,28)/t18-/m1/s1. The number of fused-ring (bicyclic) bond motifs is 1. The third-order valence-corrected chi connectivity index (χ3v) is 4.89. The van der Waals surface area contributed by atoms with Gasteiger partial charge in [-0.3, -0.25) is 4.79 Å². The summed E-state index contributed by atoms with van der Waals surface area (Å²) in [5, 5.41) is 6.13. The molecular formula is C25H26N2O4. The summed E-state index contributed by atoms with van der Waals surface area (Å²) in [4.78, 5) is 12.6. The molecule has 6 heteroatoms. The van der Waals surface area contributed by atoms with Crippen LogP contribution in [-0.4, -0.2) is 25.2 Å². The van der Waals surface area contributed by atoms with Crippen molar-refractivity contribution in [3.05, 3.63) is 78.4 Å². The minimum atomic E-state index is -0.432. The fourth-order valence-electron chi connectivity index (χ4n) is 3.19. The van der Waals surface area contributed by atoms with E-state index in [9.17, 15) is 4.79 Å². The first-order valence-corrected chi connectivity index (χ1v) is 10.4. The average molecular weight is 418 g/mol. The van der Waals surface area contributed by atoms with E-state index in [1.165, 1.54) is 0 Å².